The van der Waals surface area contributed by atoms with Gasteiger partial charge in [-0.05, 0) is 12.8 Å². The van der Waals surface area contributed by atoms with Crippen molar-refractivity contribution in [3.8, 4) is 0 Å². The third-order valence-corrected chi connectivity index (χ3v) is 2.25. The van der Waals surface area contributed by atoms with Gasteiger partial charge in [-0.15, -0.1) is 6.58 Å². The average molecular weight is 156 g/mol. The van der Waals surface area contributed by atoms with Crippen molar-refractivity contribution in [1.29, 1.82) is 0 Å². The van der Waals surface area contributed by atoms with E-state index in [0.717, 1.165) is 0 Å². The molecule has 0 aliphatic heterocycles. The number of ether oxygens (including phenoxy) is 1. The van der Waals surface area contributed by atoms with Gasteiger partial charge in [-0.1, -0.05) is 19.9 Å². The summed E-state index contributed by atoms with van der Waals surface area (Å²) in [5.74, 6) is -0.00468. The van der Waals surface area contributed by atoms with Crippen LogP contribution in [0.15, 0.2) is 12.7 Å². The first kappa shape index (κ1) is 10.2. The van der Waals surface area contributed by atoms with Crippen LogP contribution >= 0.6 is 0 Å². The molecule has 64 valence electrons. The van der Waals surface area contributed by atoms with Gasteiger partial charge in [0.05, 0.1) is 12.5 Å². The highest BCUT2D eigenvalue weighted by molar-refractivity contribution is 5.78. The number of carbonyl (C=O) groups is 1. The van der Waals surface area contributed by atoms with E-state index in [1.807, 2.05) is 20.8 Å². The molecule has 0 amide bonds. The van der Waals surface area contributed by atoms with E-state index in [9.17, 15) is 4.79 Å². The van der Waals surface area contributed by atoms with E-state index in [1.54, 1.807) is 6.08 Å². The molecule has 0 aromatic carbocycles. The molecule has 0 bridgehead atoms. The maximum atomic E-state index is 11.2. The fourth-order valence-electron chi connectivity index (χ4n) is 0.775. The number of methoxy groups -OCH3 is 1. The van der Waals surface area contributed by atoms with Crippen LogP contribution in [0.25, 0.3) is 0 Å². The van der Waals surface area contributed by atoms with E-state index in [-0.39, 0.29) is 11.9 Å². The SMILES string of the molecule is C=C[C@@](C)(C(=O)OC)C(C)C. The molecule has 2 nitrogen and oxygen atoms in total. The van der Waals surface area contributed by atoms with Crippen LogP contribution in [0.1, 0.15) is 20.8 Å². The van der Waals surface area contributed by atoms with Crippen LogP contribution in [0.5, 0.6) is 0 Å². The molecular weight excluding hydrogens is 140 g/mol. The van der Waals surface area contributed by atoms with Gasteiger partial charge in [0.1, 0.15) is 0 Å². The summed E-state index contributed by atoms with van der Waals surface area (Å²) in [5.41, 5.74) is -0.547. The second-order valence-electron chi connectivity index (χ2n) is 3.13. The van der Waals surface area contributed by atoms with Crippen LogP contribution in [-0.4, -0.2) is 13.1 Å². The monoisotopic (exact) mass is 156 g/mol. The molecule has 0 saturated heterocycles. The first-order valence-corrected chi connectivity index (χ1v) is 3.71. The highest BCUT2D eigenvalue weighted by atomic mass is 16.5. The Morgan fingerprint density at radius 1 is 1.64 bits per heavy atom. The highest BCUT2D eigenvalue weighted by Crippen LogP contribution is 2.29. The Kier molecular flexibility index (Phi) is 3.30. The first-order chi connectivity index (χ1) is 4.99. The number of hydrogen-bond acceptors (Lipinski definition) is 2. The van der Waals surface area contributed by atoms with Crippen molar-refractivity contribution < 1.29 is 9.53 Å². The Bertz CT molecular complexity index is 161. The molecule has 0 saturated carbocycles. The molecule has 11 heavy (non-hydrogen) atoms. The molecule has 2 heteroatoms. The highest BCUT2D eigenvalue weighted by Gasteiger charge is 2.34. The van der Waals surface area contributed by atoms with E-state index in [4.69, 9.17) is 0 Å². The average Bonchev–Trinajstić information content (AvgIpc) is 2.01. The lowest BCUT2D eigenvalue weighted by Crippen LogP contribution is -2.32. The quantitative estimate of drug-likeness (QED) is 0.461. The predicted octanol–water partition coefficient (Wildman–Crippen LogP) is 2.01. The van der Waals surface area contributed by atoms with Crippen molar-refractivity contribution in [2.75, 3.05) is 7.11 Å². The summed E-state index contributed by atoms with van der Waals surface area (Å²) in [6.45, 7) is 9.39. The zero-order valence-corrected chi connectivity index (χ0v) is 7.68. The third kappa shape index (κ3) is 1.82. The molecule has 0 heterocycles. The number of esters is 1. The van der Waals surface area contributed by atoms with Crippen LogP contribution < -0.4 is 0 Å². The summed E-state index contributed by atoms with van der Waals surface area (Å²) >= 11 is 0. The van der Waals surface area contributed by atoms with Crippen LogP contribution in [0.2, 0.25) is 0 Å². The summed E-state index contributed by atoms with van der Waals surface area (Å²) in [4.78, 5) is 11.2. The minimum absolute atomic E-state index is 0.215. The van der Waals surface area contributed by atoms with Gasteiger partial charge in [-0.25, -0.2) is 0 Å². The van der Waals surface area contributed by atoms with Crippen molar-refractivity contribution in [2.24, 2.45) is 11.3 Å². The smallest absolute Gasteiger partial charge is 0.315 e. The Morgan fingerprint density at radius 2 is 2.09 bits per heavy atom. The van der Waals surface area contributed by atoms with E-state index < -0.39 is 5.41 Å². The van der Waals surface area contributed by atoms with Crippen molar-refractivity contribution in [2.45, 2.75) is 20.8 Å². The summed E-state index contributed by atoms with van der Waals surface area (Å²) in [7, 11) is 1.40. The van der Waals surface area contributed by atoms with E-state index in [1.165, 1.54) is 7.11 Å². The minimum Gasteiger partial charge on any atom is -0.468 e. The molecule has 0 aromatic heterocycles. The number of rotatable bonds is 3. The summed E-state index contributed by atoms with van der Waals surface area (Å²) in [6.07, 6.45) is 1.64. The minimum atomic E-state index is -0.547. The van der Waals surface area contributed by atoms with Gasteiger partial charge < -0.3 is 4.74 Å². The summed E-state index contributed by atoms with van der Waals surface area (Å²) < 4.78 is 4.66. The second-order valence-corrected chi connectivity index (χ2v) is 3.13. The second kappa shape index (κ2) is 3.56. The van der Waals surface area contributed by atoms with Gasteiger partial charge in [0.2, 0.25) is 0 Å². The fourth-order valence-corrected chi connectivity index (χ4v) is 0.775. The van der Waals surface area contributed by atoms with E-state index in [0.29, 0.717) is 0 Å². The van der Waals surface area contributed by atoms with Gasteiger partial charge >= 0.3 is 5.97 Å². The van der Waals surface area contributed by atoms with Gasteiger partial charge in [0.15, 0.2) is 0 Å². The molecule has 0 aliphatic rings. The lowest BCUT2D eigenvalue weighted by Gasteiger charge is -2.26. The molecule has 0 rings (SSSR count). The molecule has 0 fully saturated rings. The van der Waals surface area contributed by atoms with E-state index in [2.05, 4.69) is 11.3 Å². The molecule has 0 aromatic rings. The van der Waals surface area contributed by atoms with Gasteiger partial charge in [-0.2, -0.15) is 0 Å². The van der Waals surface area contributed by atoms with Gasteiger partial charge in [0.25, 0.3) is 0 Å². The summed E-state index contributed by atoms with van der Waals surface area (Å²) in [6, 6.07) is 0. The Hall–Kier alpha value is -0.790. The molecule has 0 spiro atoms. The van der Waals surface area contributed by atoms with Crippen LogP contribution in [-0.2, 0) is 9.53 Å². The van der Waals surface area contributed by atoms with E-state index >= 15 is 0 Å². The molecule has 0 radical (unpaired) electrons. The molecule has 0 aliphatic carbocycles. The lowest BCUT2D eigenvalue weighted by atomic mass is 9.79. The fraction of sp³-hybridized carbons (Fsp3) is 0.667. The largest absolute Gasteiger partial charge is 0.468 e. The van der Waals surface area contributed by atoms with Crippen LogP contribution in [0, 0.1) is 11.3 Å². The van der Waals surface area contributed by atoms with Crippen molar-refractivity contribution in [3.05, 3.63) is 12.7 Å². The predicted molar refractivity (Wildman–Crippen MR) is 45.2 cm³/mol. The topological polar surface area (TPSA) is 26.3 Å². The maximum Gasteiger partial charge on any atom is 0.315 e. The number of hydrogen-bond donors (Lipinski definition) is 0. The standard InChI is InChI=1S/C9H16O2/c1-6-9(4,7(2)3)8(10)11-5/h6-7H,1H2,2-5H3/t9-/m1/s1. The number of carbonyl (C=O) groups excluding carboxylic acids is 1. The normalized spacial score (nSPS) is 15.7. The van der Waals surface area contributed by atoms with Gasteiger partial charge in [0, 0.05) is 0 Å². The van der Waals surface area contributed by atoms with Crippen LogP contribution in [0.3, 0.4) is 0 Å². The van der Waals surface area contributed by atoms with Crippen molar-refractivity contribution in [3.63, 3.8) is 0 Å². The zero-order valence-electron chi connectivity index (χ0n) is 7.68. The molecule has 0 N–H and O–H groups in total. The van der Waals surface area contributed by atoms with Crippen LogP contribution in [0.4, 0.5) is 0 Å². The Balaban J connectivity index is 4.59. The maximum absolute atomic E-state index is 11.2. The molecular formula is C9H16O2. The van der Waals surface area contributed by atoms with Gasteiger partial charge in [-0.3, -0.25) is 4.79 Å². The zero-order chi connectivity index (χ0) is 9.07. The first-order valence-electron chi connectivity index (χ1n) is 3.71. The lowest BCUT2D eigenvalue weighted by molar-refractivity contribution is -0.151. The summed E-state index contributed by atoms with van der Waals surface area (Å²) in [5, 5.41) is 0. The Labute approximate surface area is 68.2 Å². The molecule has 0 unspecified atom stereocenters. The third-order valence-electron chi connectivity index (χ3n) is 2.25. The van der Waals surface area contributed by atoms with Crippen molar-refractivity contribution >= 4 is 5.97 Å². The van der Waals surface area contributed by atoms with Crippen molar-refractivity contribution in [1.82, 2.24) is 0 Å². The Morgan fingerprint density at radius 3 is 2.18 bits per heavy atom. The molecule has 1 atom stereocenters.